The van der Waals surface area contributed by atoms with Crippen molar-refractivity contribution >= 4 is 18.9 Å². The first-order valence-corrected chi connectivity index (χ1v) is 14.5. The second-order valence-corrected chi connectivity index (χ2v) is 14.0. The highest BCUT2D eigenvalue weighted by Gasteiger charge is 2.63. The Morgan fingerprint density at radius 2 is 1.59 bits per heavy atom. The van der Waals surface area contributed by atoms with Crippen LogP contribution in [0.25, 0.3) is 0 Å². The maximum absolute atomic E-state index is 6.24. The minimum absolute atomic E-state index is 0.137. The van der Waals surface area contributed by atoms with Gasteiger partial charge in [0, 0.05) is 18.9 Å². The van der Waals surface area contributed by atoms with Crippen LogP contribution in [0.4, 0.5) is 0 Å². The number of ether oxygens (including phenoxy) is 1. The molecule has 0 aromatic rings. The van der Waals surface area contributed by atoms with Crippen molar-refractivity contribution in [2.75, 3.05) is 0 Å². The molecule has 5 rings (SSSR count). The van der Waals surface area contributed by atoms with Crippen LogP contribution in [0.3, 0.4) is 0 Å². The van der Waals surface area contributed by atoms with Crippen LogP contribution in [-0.2, 0) is 13.8 Å². The molecule has 5 heteroatoms. The van der Waals surface area contributed by atoms with Crippen LogP contribution in [0, 0.1) is 46.3 Å². The van der Waals surface area contributed by atoms with E-state index in [4.69, 9.17) is 13.8 Å². The van der Waals surface area contributed by atoms with Gasteiger partial charge in [-0.25, -0.2) is 0 Å². The van der Waals surface area contributed by atoms with Crippen molar-refractivity contribution in [3.8, 4) is 0 Å². The van der Waals surface area contributed by atoms with E-state index in [2.05, 4.69) is 53.6 Å². The molecule has 0 radical (unpaired) electrons. The number of fused-ring (bicyclic) bond motifs is 5. The highest BCUT2D eigenvalue weighted by molar-refractivity contribution is 7.10. The Morgan fingerprint density at radius 1 is 0.906 bits per heavy atom. The van der Waals surface area contributed by atoms with E-state index in [0.717, 1.165) is 35.5 Å². The number of rotatable bonds is 6. The van der Waals surface area contributed by atoms with Gasteiger partial charge in [-0.2, -0.15) is 0 Å². The van der Waals surface area contributed by atoms with E-state index in [0.29, 0.717) is 29.1 Å². The summed E-state index contributed by atoms with van der Waals surface area (Å²) in [5, 5.41) is 0. The van der Waals surface area contributed by atoms with Gasteiger partial charge in [0.1, 0.15) is 0 Å². The molecular formula is C27H48O3P2. The Labute approximate surface area is 201 Å². The summed E-state index contributed by atoms with van der Waals surface area (Å²) in [5.41, 5.74) is 1.10. The van der Waals surface area contributed by atoms with Crippen LogP contribution >= 0.6 is 18.9 Å². The van der Waals surface area contributed by atoms with Crippen LogP contribution in [-0.4, -0.2) is 23.9 Å². The van der Waals surface area contributed by atoms with Gasteiger partial charge in [-0.1, -0.05) is 20.8 Å². The van der Waals surface area contributed by atoms with E-state index in [1.165, 1.54) is 64.2 Å². The third-order valence-corrected chi connectivity index (χ3v) is 12.5. The Morgan fingerprint density at radius 3 is 2.25 bits per heavy atom. The van der Waals surface area contributed by atoms with E-state index in [1.807, 2.05) is 0 Å². The van der Waals surface area contributed by atoms with Gasteiger partial charge in [-0.15, -0.1) is 0 Å². The number of epoxide rings is 1. The molecule has 4 saturated carbocycles. The summed E-state index contributed by atoms with van der Waals surface area (Å²) in [7, 11) is 5.19. The van der Waals surface area contributed by atoms with Crippen LogP contribution in [0.5, 0.6) is 0 Å². The van der Waals surface area contributed by atoms with Gasteiger partial charge in [0.15, 0.2) is 0 Å². The Bertz CT molecular complexity index is 700. The third-order valence-electron chi connectivity index (χ3n) is 11.8. The van der Waals surface area contributed by atoms with Crippen LogP contribution in [0.2, 0.25) is 0 Å². The molecule has 0 spiro atoms. The standard InChI is InChI=1S/C27H48O3P2/c1-16(6-9-23-25(2,3)28-23)19-7-8-20-24-21(11-13-27(19,20)5)26(4)12-10-18(29-31)14-17(26)15-22(24)30-32/h16-24H,6-15,31-32H2,1-5H3/t16-,17+,18?,19-,20+,21+,22?,23?,24+,26+,27-/m1/s1. The van der Waals surface area contributed by atoms with Gasteiger partial charge in [0.2, 0.25) is 0 Å². The second-order valence-electron chi connectivity index (χ2n) is 13.4. The lowest BCUT2D eigenvalue weighted by atomic mass is 9.43. The minimum atomic E-state index is 0.137. The molecule has 0 N–H and O–H groups in total. The summed E-state index contributed by atoms with van der Waals surface area (Å²) >= 11 is 0. The Kier molecular flexibility index (Phi) is 6.64. The molecule has 5 aliphatic rings. The predicted molar refractivity (Wildman–Crippen MR) is 137 cm³/mol. The summed E-state index contributed by atoms with van der Waals surface area (Å²) < 4.78 is 17.9. The van der Waals surface area contributed by atoms with Gasteiger partial charge in [-0.3, -0.25) is 0 Å². The monoisotopic (exact) mass is 482 g/mol. The lowest BCUT2D eigenvalue weighted by molar-refractivity contribution is -0.163. The minimum Gasteiger partial charge on any atom is -0.367 e. The zero-order valence-electron chi connectivity index (χ0n) is 21.1. The van der Waals surface area contributed by atoms with Crippen molar-refractivity contribution in [1.29, 1.82) is 0 Å². The summed E-state index contributed by atoms with van der Waals surface area (Å²) in [6, 6.07) is 0. The molecule has 0 aromatic carbocycles. The number of hydrogen-bond donors (Lipinski definition) is 0. The van der Waals surface area contributed by atoms with Crippen molar-refractivity contribution < 1.29 is 13.8 Å². The molecular weight excluding hydrogens is 434 g/mol. The molecule has 0 bridgehead atoms. The zero-order valence-corrected chi connectivity index (χ0v) is 23.5. The fraction of sp³-hybridized carbons (Fsp3) is 1.00. The van der Waals surface area contributed by atoms with Crippen molar-refractivity contribution in [2.45, 2.75) is 123 Å². The molecule has 1 aliphatic heterocycles. The summed E-state index contributed by atoms with van der Waals surface area (Å²) in [6.45, 7) is 12.4. The molecule has 5 fully saturated rings. The predicted octanol–water partition coefficient (Wildman–Crippen LogP) is 7.20. The van der Waals surface area contributed by atoms with E-state index < -0.39 is 0 Å². The lowest BCUT2D eigenvalue weighted by Gasteiger charge is -2.63. The Balaban J connectivity index is 1.33. The quantitative estimate of drug-likeness (QED) is 0.296. The molecule has 5 unspecified atom stereocenters. The van der Waals surface area contributed by atoms with Crippen molar-refractivity contribution in [3.63, 3.8) is 0 Å². The molecule has 32 heavy (non-hydrogen) atoms. The second kappa shape index (κ2) is 8.69. The fourth-order valence-corrected chi connectivity index (χ4v) is 10.3. The molecule has 1 heterocycles. The summed E-state index contributed by atoms with van der Waals surface area (Å²) in [5.74, 6) is 4.82. The van der Waals surface area contributed by atoms with Crippen molar-refractivity contribution in [2.24, 2.45) is 46.3 Å². The fourth-order valence-electron chi connectivity index (χ4n) is 9.75. The average Bonchev–Trinajstić information content (AvgIpc) is 3.21. The first-order valence-electron chi connectivity index (χ1n) is 13.5. The molecule has 0 amide bonds. The van der Waals surface area contributed by atoms with E-state index in [9.17, 15) is 0 Å². The SMILES string of the molecule is C[C@H](CCC1OC1(C)C)[C@H]1CC[C@H]2[C@@H]3C(OP)C[C@@H]4CC(OP)CC[C@]4(C)[C@H]3CC[C@]12C. The highest BCUT2D eigenvalue weighted by atomic mass is 31.0. The molecule has 4 aliphatic carbocycles. The first kappa shape index (κ1) is 24.4. The lowest BCUT2D eigenvalue weighted by Crippen LogP contribution is -2.58. The van der Waals surface area contributed by atoms with Crippen LogP contribution in [0.1, 0.15) is 98.8 Å². The van der Waals surface area contributed by atoms with Crippen LogP contribution < -0.4 is 0 Å². The van der Waals surface area contributed by atoms with Gasteiger partial charge in [0.05, 0.1) is 23.9 Å². The van der Waals surface area contributed by atoms with Gasteiger partial charge in [0.25, 0.3) is 0 Å². The zero-order chi connectivity index (χ0) is 22.9. The number of hydrogen-bond acceptors (Lipinski definition) is 3. The van der Waals surface area contributed by atoms with Gasteiger partial charge < -0.3 is 13.8 Å². The highest BCUT2D eigenvalue weighted by Crippen LogP contribution is 2.69. The van der Waals surface area contributed by atoms with E-state index >= 15 is 0 Å². The molecule has 0 aromatic heterocycles. The van der Waals surface area contributed by atoms with E-state index in [-0.39, 0.29) is 5.60 Å². The molecule has 3 nitrogen and oxygen atoms in total. The first-order chi connectivity index (χ1) is 15.1. The van der Waals surface area contributed by atoms with Gasteiger partial charge >= 0.3 is 0 Å². The molecule has 1 saturated heterocycles. The smallest absolute Gasteiger partial charge is 0.0892 e. The topological polar surface area (TPSA) is 31.0 Å². The summed E-state index contributed by atoms with van der Waals surface area (Å²) in [4.78, 5) is 0. The molecule has 13 atom stereocenters. The maximum atomic E-state index is 6.24. The van der Waals surface area contributed by atoms with Crippen LogP contribution in [0.15, 0.2) is 0 Å². The van der Waals surface area contributed by atoms with Gasteiger partial charge in [-0.05, 0) is 124 Å². The average molecular weight is 483 g/mol. The maximum Gasteiger partial charge on any atom is 0.0892 e. The van der Waals surface area contributed by atoms with Crippen molar-refractivity contribution in [3.05, 3.63) is 0 Å². The third kappa shape index (κ3) is 3.88. The van der Waals surface area contributed by atoms with Crippen molar-refractivity contribution in [1.82, 2.24) is 0 Å². The molecule has 184 valence electrons. The van der Waals surface area contributed by atoms with E-state index in [1.54, 1.807) is 0 Å². The summed E-state index contributed by atoms with van der Waals surface area (Å²) in [6.07, 6.45) is 14.6. The normalized spacial score (nSPS) is 52.6. The largest absolute Gasteiger partial charge is 0.367 e. The Hall–Kier alpha value is 0.740.